The van der Waals surface area contributed by atoms with E-state index < -0.39 is 10.8 Å². The lowest BCUT2D eigenvalue weighted by atomic mass is 10.1. The number of primary amides is 1. The molecule has 0 aliphatic carbocycles. The third-order valence-electron chi connectivity index (χ3n) is 3.04. The van der Waals surface area contributed by atoms with Gasteiger partial charge in [0.05, 0.1) is 17.2 Å². The molecule has 1 aromatic carbocycles. The summed E-state index contributed by atoms with van der Waals surface area (Å²) in [7, 11) is 0. The fourth-order valence-electron chi connectivity index (χ4n) is 1.87. The minimum Gasteiger partial charge on any atom is -0.374 e. The molecule has 1 amide bonds. The second-order valence-corrected chi connectivity index (χ2v) is 4.47. The van der Waals surface area contributed by atoms with E-state index in [2.05, 4.69) is 10.3 Å². The van der Waals surface area contributed by atoms with Crippen LogP contribution < -0.4 is 11.1 Å². The predicted octanol–water partition coefficient (Wildman–Crippen LogP) is 2.01. The topological polar surface area (TPSA) is 111 Å². The molecule has 3 N–H and O–H groups in total. The van der Waals surface area contributed by atoms with E-state index in [1.165, 1.54) is 18.2 Å². The number of nitrogens with zero attached hydrogens (tertiary/aromatic N) is 2. The fraction of sp³-hybridized carbons (Fsp3) is 0.143. The van der Waals surface area contributed by atoms with E-state index in [0.29, 0.717) is 6.54 Å². The number of nitro groups is 1. The molecule has 0 saturated heterocycles. The van der Waals surface area contributed by atoms with Gasteiger partial charge in [0, 0.05) is 17.8 Å². The summed E-state index contributed by atoms with van der Waals surface area (Å²) in [6.45, 7) is 2.22. The first-order chi connectivity index (χ1) is 9.99. The van der Waals surface area contributed by atoms with Crippen LogP contribution in [0, 0.1) is 17.0 Å². The number of carbonyl (C=O) groups excluding carboxylic acids is 1. The number of nitro benzene ring substituents is 1. The maximum absolute atomic E-state index is 11.2. The van der Waals surface area contributed by atoms with Crippen LogP contribution in [0.1, 0.15) is 21.6 Å². The highest BCUT2D eigenvalue weighted by Crippen LogP contribution is 2.26. The molecule has 7 heteroatoms. The molecule has 21 heavy (non-hydrogen) atoms. The van der Waals surface area contributed by atoms with Crippen LogP contribution in [0.4, 0.5) is 11.4 Å². The highest BCUT2D eigenvalue weighted by molar-refractivity contribution is 5.94. The highest BCUT2D eigenvalue weighted by Gasteiger charge is 2.16. The third kappa shape index (κ3) is 3.33. The Hall–Kier alpha value is -2.96. The summed E-state index contributed by atoms with van der Waals surface area (Å²) in [5, 5.41) is 13.9. The van der Waals surface area contributed by atoms with E-state index in [-0.39, 0.29) is 16.9 Å². The summed E-state index contributed by atoms with van der Waals surface area (Å²) in [6, 6.07) is 7.68. The van der Waals surface area contributed by atoms with E-state index in [0.717, 1.165) is 11.3 Å². The molecule has 1 heterocycles. The number of rotatable bonds is 5. The van der Waals surface area contributed by atoms with E-state index in [1.807, 2.05) is 19.1 Å². The van der Waals surface area contributed by atoms with Crippen molar-refractivity contribution in [2.45, 2.75) is 13.5 Å². The van der Waals surface area contributed by atoms with Crippen LogP contribution >= 0.6 is 0 Å². The van der Waals surface area contributed by atoms with E-state index in [4.69, 9.17) is 5.73 Å². The standard InChI is InChI=1S/C14H14N4O3/c1-9-3-2-6-16-12(9)8-17-11-7-10(14(15)19)4-5-13(11)18(20)21/h2-7,17H,8H2,1H3,(H2,15,19). The highest BCUT2D eigenvalue weighted by atomic mass is 16.6. The van der Waals surface area contributed by atoms with Crippen LogP contribution in [0.25, 0.3) is 0 Å². The minimum atomic E-state index is -0.637. The Balaban J connectivity index is 2.29. The van der Waals surface area contributed by atoms with Gasteiger partial charge in [-0.25, -0.2) is 0 Å². The molecule has 0 spiro atoms. The van der Waals surface area contributed by atoms with Crippen LogP contribution in [-0.4, -0.2) is 15.8 Å². The summed E-state index contributed by atoms with van der Waals surface area (Å²) in [4.78, 5) is 25.9. The Labute approximate surface area is 121 Å². The van der Waals surface area contributed by atoms with Crippen molar-refractivity contribution in [1.82, 2.24) is 4.98 Å². The third-order valence-corrected chi connectivity index (χ3v) is 3.04. The molecule has 0 saturated carbocycles. The summed E-state index contributed by atoms with van der Waals surface area (Å²) < 4.78 is 0. The van der Waals surface area contributed by atoms with Gasteiger partial charge in [0.1, 0.15) is 5.69 Å². The number of nitrogens with one attached hydrogen (secondary N) is 1. The van der Waals surface area contributed by atoms with Gasteiger partial charge in [-0.1, -0.05) is 6.07 Å². The van der Waals surface area contributed by atoms with Crippen LogP contribution in [0.15, 0.2) is 36.5 Å². The SMILES string of the molecule is Cc1cccnc1CNc1cc(C(N)=O)ccc1[N+](=O)[O-]. The molecule has 1 aromatic heterocycles. The number of nitrogens with two attached hydrogens (primary N) is 1. The molecule has 0 aliphatic rings. The van der Waals surface area contributed by atoms with Crippen molar-refractivity contribution in [3.8, 4) is 0 Å². The quantitative estimate of drug-likeness (QED) is 0.645. The lowest BCUT2D eigenvalue weighted by Gasteiger charge is -2.09. The fourth-order valence-corrected chi connectivity index (χ4v) is 1.87. The molecule has 0 bridgehead atoms. The van der Waals surface area contributed by atoms with Crippen molar-refractivity contribution < 1.29 is 9.72 Å². The summed E-state index contributed by atoms with van der Waals surface area (Å²) >= 11 is 0. The molecule has 7 nitrogen and oxygen atoms in total. The van der Waals surface area contributed by atoms with Crippen LogP contribution in [0.3, 0.4) is 0 Å². The lowest BCUT2D eigenvalue weighted by molar-refractivity contribution is -0.384. The van der Waals surface area contributed by atoms with Crippen molar-refractivity contribution in [2.24, 2.45) is 5.73 Å². The number of benzene rings is 1. The second-order valence-electron chi connectivity index (χ2n) is 4.47. The number of aromatic nitrogens is 1. The molecule has 2 rings (SSSR count). The van der Waals surface area contributed by atoms with Crippen molar-refractivity contribution in [2.75, 3.05) is 5.32 Å². The van der Waals surface area contributed by atoms with Crippen LogP contribution in [-0.2, 0) is 6.54 Å². The zero-order valence-electron chi connectivity index (χ0n) is 11.4. The smallest absolute Gasteiger partial charge is 0.292 e. The molecule has 0 unspecified atom stereocenters. The molecule has 0 fully saturated rings. The summed E-state index contributed by atoms with van der Waals surface area (Å²) in [5.41, 5.74) is 7.27. The number of amides is 1. The average Bonchev–Trinajstić information content (AvgIpc) is 2.46. The minimum absolute atomic E-state index is 0.117. The summed E-state index contributed by atoms with van der Waals surface area (Å²) in [5.74, 6) is -0.637. The van der Waals surface area contributed by atoms with Crippen LogP contribution in [0.2, 0.25) is 0 Å². The molecule has 0 atom stereocenters. The van der Waals surface area contributed by atoms with Gasteiger partial charge < -0.3 is 11.1 Å². The molecule has 2 aromatic rings. The number of hydrogen-bond acceptors (Lipinski definition) is 5. The Bertz CT molecular complexity index is 700. The average molecular weight is 286 g/mol. The number of aryl methyl sites for hydroxylation is 1. The van der Waals surface area contributed by atoms with Crippen molar-refractivity contribution in [3.63, 3.8) is 0 Å². The summed E-state index contributed by atoms with van der Waals surface area (Å²) in [6.07, 6.45) is 1.65. The monoisotopic (exact) mass is 286 g/mol. The van der Waals surface area contributed by atoms with Gasteiger partial charge in [0.25, 0.3) is 5.69 Å². The van der Waals surface area contributed by atoms with Gasteiger partial charge in [-0.3, -0.25) is 19.9 Å². The van der Waals surface area contributed by atoms with E-state index >= 15 is 0 Å². The zero-order valence-corrected chi connectivity index (χ0v) is 11.4. The molecular formula is C14H14N4O3. The Kier molecular flexibility index (Phi) is 4.13. The number of hydrogen-bond donors (Lipinski definition) is 2. The zero-order chi connectivity index (χ0) is 15.4. The van der Waals surface area contributed by atoms with Crippen LogP contribution in [0.5, 0.6) is 0 Å². The lowest BCUT2D eigenvalue weighted by Crippen LogP contribution is -2.12. The molecule has 108 valence electrons. The first kappa shape index (κ1) is 14.4. The van der Waals surface area contributed by atoms with Crippen molar-refractivity contribution >= 4 is 17.3 Å². The Morgan fingerprint density at radius 3 is 2.81 bits per heavy atom. The molecule has 0 radical (unpaired) electrons. The van der Waals surface area contributed by atoms with Gasteiger partial charge in [-0.15, -0.1) is 0 Å². The van der Waals surface area contributed by atoms with Crippen molar-refractivity contribution in [1.29, 1.82) is 0 Å². The number of anilines is 1. The molecular weight excluding hydrogens is 272 g/mol. The molecule has 0 aliphatic heterocycles. The number of carbonyl (C=O) groups is 1. The maximum atomic E-state index is 11.2. The van der Waals surface area contributed by atoms with Gasteiger partial charge in [0.15, 0.2) is 0 Å². The first-order valence-electron chi connectivity index (χ1n) is 6.21. The predicted molar refractivity (Wildman–Crippen MR) is 77.9 cm³/mol. The normalized spacial score (nSPS) is 10.1. The van der Waals surface area contributed by atoms with Gasteiger partial charge in [0.2, 0.25) is 5.91 Å². The first-order valence-corrected chi connectivity index (χ1v) is 6.21. The Morgan fingerprint density at radius 1 is 1.43 bits per heavy atom. The maximum Gasteiger partial charge on any atom is 0.292 e. The number of pyridine rings is 1. The Morgan fingerprint density at radius 2 is 2.19 bits per heavy atom. The van der Waals surface area contributed by atoms with Crippen molar-refractivity contribution in [3.05, 3.63) is 63.5 Å². The van der Waals surface area contributed by atoms with Gasteiger partial charge in [-0.05, 0) is 30.7 Å². The largest absolute Gasteiger partial charge is 0.374 e. The van der Waals surface area contributed by atoms with Gasteiger partial charge >= 0.3 is 0 Å². The van der Waals surface area contributed by atoms with E-state index in [9.17, 15) is 14.9 Å². The second kappa shape index (κ2) is 6.00. The van der Waals surface area contributed by atoms with E-state index in [1.54, 1.807) is 6.20 Å². The van der Waals surface area contributed by atoms with Gasteiger partial charge in [-0.2, -0.15) is 0 Å².